The van der Waals surface area contributed by atoms with Gasteiger partial charge in [-0.05, 0) is 47.5 Å². The molecule has 6 heteroatoms. The topological polar surface area (TPSA) is 66.9 Å². The van der Waals surface area contributed by atoms with Crippen LogP contribution in [0.25, 0.3) is 0 Å². The summed E-state index contributed by atoms with van der Waals surface area (Å²) in [5, 5.41) is 5.99. The first-order valence-electron chi connectivity index (χ1n) is 7.25. The van der Waals surface area contributed by atoms with Crippen LogP contribution in [0, 0.1) is 6.92 Å². The first-order valence-corrected chi connectivity index (χ1v) is 8.05. The van der Waals surface area contributed by atoms with E-state index in [9.17, 15) is 4.79 Å². The number of rotatable bonds is 6. The Morgan fingerprint density at radius 3 is 2.77 bits per heavy atom. The maximum Gasteiger partial charge on any atom is 0.270 e. The van der Waals surface area contributed by atoms with Crippen molar-refractivity contribution in [1.29, 1.82) is 0 Å². The van der Waals surface area contributed by atoms with E-state index < -0.39 is 0 Å². The second-order valence-electron chi connectivity index (χ2n) is 4.93. The van der Waals surface area contributed by atoms with Gasteiger partial charge < -0.3 is 10.6 Å². The van der Waals surface area contributed by atoms with E-state index >= 15 is 0 Å². The molecule has 0 saturated heterocycles. The molecule has 1 amide bonds. The van der Waals surface area contributed by atoms with Crippen LogP contribution in [0.15, 0.2) is 34.8 Å². The average molecular weight is 363 g/mol. The van der Waals surface area contributed by atoms with Crippen LogP contribution in [0.4, 0.5) is 11.6 Å². The number of unbranched alkanes of at least 4 members (excludes halogenated alkanes) is 1. The van der Waals surface area contributed by atoms with Gasteiger partial charge in [-0.1, -0.05) is 25.5 Å². The number of aryl methyl sites for hydroxylation is 1. The molecule has 0 spiro atoms. The van der Waals surface area contributed by atoms with Gasteiger partial charge in [0, 0.05) is 16.7 Å². The number of hydrogen-bond donors (Lipinski definition) is 2. The van der Waals surface area contributed by atoms with Crippen molar-refractivity contribution in [2.75, 3.05) is 11.9 Å². The molecule has 0 atom stereocenters. The zero-order chi connectivity index (χ0) is 15.9. The van der Waals surface area contributed by atoms with Crippen LogP contribution in [-0.4, -0.2) is 22.4 Å². The van der Waals surface area contributed by atoms with Crippen molar-refractivity contribution in [1.82, 2.24) is 15.3 Å². The maximum absolute atomic E-state index is 12.1. The third kappa shape index (κ3) is 4.53. The third-order valence-electron chi connectivity index (χ3n) is 3.02. The number of benzene rings is 1. The van der Waals surface area contributed by atoms with E-state index in [1.807, 2.05) is 31.2 Å². The molecule has 0 aliphatic carbocycles. The number of anilines is 2. The molecule has 0 aliphatic rings. The molecular weight excluding hydrogens is 344 g/mol. The Balaban J connectivity index is 2.16. The number of aromatic nitrogens is 2. The zero-order valence-electron chi connectivity index (χ0n) is 12.7. The maximum atomic E-state index is 12.1. The number of carbonyl (C=O) groups excluding carboxylic acids is 1. The van der Waals surface area contributed by atoms with E-state index in [1.165, 1.54) is 0 Å². The lowest BCUT2D eigenvalue weighted by Gasteiger charge is -2.09. The van der Waals surface area contributed by atoms with Gasteiger partial charge in [0.15, 0.2) is 0 Å². The lowest BCUT2D eigenvalue weighted by Crippen LogP contribution is -2.25. The minimum absolute atomic E-state index is 0.172. The number of para-hydroxylation sites is 1. The zero-order valence-corrected chi connectivity index (χ0v) is 14.3. The van der Waals surface area contributed by atoms with Gasteiger partial charge in [-0.15, -0.1) is 0 Å². The Morgan fingerprint density at radius 2 is 2.05 bits per heavy atom. The summed E-state index contributed by atoms with van der Waals surface area (Å²) in [6.07, 6.45) is 2.00. The number of amides is 1. The Bertz CT molecular complexity index is 660. The van der Waals surface area contributed by atoms with Gasteiger partial charge in [0.2, 0.25) is 5.95 Å². The third-order valence-corrected chi connectivity index (χ3v) is 3.71. The lowest BCUT2D eigenvalue weighted by molar-refractivity contribution is 0.0948. The second-order valence-corrected chi connectivity index (χ2v) is 5.79. The second kappa shape index (κ2) is 7.89. The molecule has 5 nitrogen and oxygen atoms in total. The molecule has 0 saturated carbocycles. The summed E-state index contributed by atoms with van der Waals surface area (Å²) in [5.74, 6) is 0.238. The fourth-order valence-corrected chi connectivity index (χ4v) is 2.28. The van der Waals surface area contributed by atoms with Crippen LogP contribution in [0.5, 0.6) is 0 Å². The molecular formula is C16H19BrN4O. The lowest BCUT2D eigenvalue weighted by atomic mass is 10.3. The van der Waals surface area contributed by atoms with Gasteiger partial charge in [-0.3, -0.25) is 4.79 Å². The summed E-state index contributed by atoms with van der Waals surface area (Å²) < 4.78 is 0.911. The van der Waals surface area contributed by atoms with E-state index in [4.69, 9.17) is 0 Å². The van der Waals surface area contributed by atoms with Crippen molar-refractivity contribution < 1.29 is 4.79 Å². The molecule has 0 fully saturated rings. The van der Waals surface area contributed by atoms with Gasteiger partial charge in [0.1, 0.15) is 5.69 Å². The van der Waals surface area contributed by atoms with Crippen LogP contribution in [-0.2, 0) is 0 Å². The van der Waals surface area contributed by atoms with Gasteiger partial charge >= 0.3 is 0 Å². The van der Waals surface area contributed by atoms with Crippen molar-refractivity contribution in [2.24, 2.45) is 0 Å². The minimum Gasteiger partial charge on any atom is -0.351 e. The highest BCUT2D eigenvalue weighted by Crippen LogP contribution is 2.23. The van der Waals surface area contributed by atoms with Crippen LogP contribution >= 0.6 is 15.9 Å². The van der Waals surface area contributed by atoms with Gasteiger partial charge in [-0.2, -0.15) is 0 Å². The Hall–Kier alpha value is -1.95. The highest BCUT2D eigenvalue weighted by atomic mass is 79.9. The van der Waals surface area contributed by atoms with E-state index in [0.717, 1.165) is 28.7 Å². The van der Waals surface area contributed by atoms with Crippen molar-refractivity contribution in [2.45, 2.75) is 26.7 Å². The van der Waals surface area contributed by atoms with Crippen LogP contribution in [0.3, 0.4) is 0 Å². The van der Waals surface area contributed by atoms with Crippen molar-refractivity contribution >= 4 is 33.5 Å². The molecule has 2 aromatic rings. The summed E-state index contributed by atoms with van der Waals surface area (Å²) in [4.78, 5) is 20.7. The van der Waals surface area contributed by atoms with E-state index in [-0.39, 0.29) is 5.91 Å². The fraction of sp³-hybridized carbons (Fsp3) is 0.312. The highest BCUT2D eigenvalue weighted by Gasteiger charge is 2.10. The van der Waals surface area contributed by atoms with Crippen molar-refractivity contribution in [3.05, 3.63) is 46.2 Å². The molecule has 0 bridgehead atoms. The standard InChI is InChI=1S/C16H19BrN4O/c1-3-4-9-18-15(22)14-10-11(2)19-16(21-14)20-13-8-6-5-7-12(13)17/h5-8,10H,3-4,9H2,1-2H3,(H,18,22)(H,19,20,21). The molecule has 1 aromatic carbocycles. The van der Waals surface area contributed by atoms with Gasteiger partial charge in [0.25, 0.3) is 5.91 Å². The van der Waals surface area contributed by atoms with E-state index in [0.29, 0.717) is 18.2 Å². The van der Waals surface area contributed by atoms with E-state index in [2.05, 4.69) is 43.5 Å². The fourth-order valence-electron chi connectivity index (χ4n) is 1.89. The molecule has 2 rings (SSSR count). The summed E-state index contributed by atoms with van der Waals surface area (Å²) in [5.41, 5.74) is 1.97. The molecule has 2 N–H and O–H groups in total. The SMILES string of the molecule is CCCCNC(=O)c1cc(C)nc(Nc2ccccc2Br)n1. The number of nitrogens with one attached hydrogen (secondary N) is 2. The first kappa shape index (κ1) is 16.4. The normalized spacial score (nSPS) is 10.3. The predicted molar refractivity (Wildman–Crippen MR) is 91.4 cm³/mol. The van der Waals surface area contributed by atoms with Crippen LogP contribution in [0.1, 0.15) is 35.9 Å². The summed E-state index contributed by atoms with van der Waals surface area (Å²) in [7, 11) is 0. The van der Waals surface area contributed by atoms with Crippen molar-refractivity contribution in [3.8, 4) is 0 Å². The Labute approximate surface area is 138 Å². The van der Waals surface area contributed by atoms with Crippen LogP contribution in [0.2, 0.25) is 0 Å². The predicted octanol–water partition coefficient (Wildman–Crippen LogP) is 3.82. The average Bonchev–Trinajstić information content (AvgIpc) is 2.49. The smallest absolute Gasteiger partial charge is 0.270 e. The first-order chi connectivity index (χ1) is 10.6. The number of halogens is 1. The summed E-state index contributed by atoms with van der Waals surface area (Å²) >= 11 is 3.46. The molecule has 1 aromatic heterocycles. The highest BCUT2D eigenvalue weighted by molar-refractivity contribution is 9.10. The molecule has 116 valence electrons. The number of hydrogen-bond acceptors (Lipinski definition) is 4. The monoisotopic (exact) mass is 362 g/mol. The number of nitrogens with zero attached hydrogens (tertiary/aromatic N) is 2. The molecule has 0 radical (unpaired) electrons. The molecule has 1 heterocycles. The molecule has 0 aliphatic heterocycles. The van der Waals surface area contributed by atoms with E-state index in [1.54, 1.807) is 6.07 Å². The summed E-state index contributed by atoms with van der Waals surface area (Å²) in [6.45, 7) is 4.59. The van der Waals surface area contributed by atoms with Crippen molar-refractivity contribution in [3.63, 3.8) is 0 Å². The Morgan fingerprint density at radius 1 is 1.27 bits per heavy atom. The molecule has 0 unspecified atom stereocenters. The Kier molecular flexibility index (Phi) is 5.89. The minimum atomic E-state index is -0.172. The largest absolute Gasteiger partial charge is 0.351 e. The van der Waals surface area contributed by atoms with Crippen LogP contribution < -0.4 is 10.6 Å². The summed E-state index contributed by atoms with van der Waals surface area (Å²) in [6, 6.07) is 9.37. The molecule has 22 heavy (non-hydrogen) atoms. The van der Waals surface area contributed by atoms with Gasteiger partial charge in [-0.25, -0.2) is 9.97 Å². The number of carbonyl (C=O) groups is 1. The van der Waals surface area contributed by atoms with Gasteiger partial charge in [0.05, 0.1) is 5.69 Å². The quantitative estimate of drug-likeness (QED) is 0.766.